The van der Waals surface area contributed by atoms with E-state index in [0.717, 1.165) is 43.6 Å². The highest BCUT2D eigenvalue weighted by molar-refractivity contribution is 5.75. The van der Waals surface area contributed by atoms with Crippen LogP contribution in [0.4, 0.5) is 0 Å². The summed E-state index contributed by atoms with van der Waals surface area (Å²) in [5.74, 6) is 1.78. The fraction of sp³-hybridized carbons (Fsp3) is 0.588. The molecule has 1 aromatic heterocycles. The van der Waals surface area contributed by atoms with Crippen molar-refractivity contribution in [3.05, 3.63) is 30.1 Å². The van der Waals surface area contributed by atoms with Crippen molar-refractivity contribution in [2.45, 2.75) is 44.8 Å². The molecular formula is C17H25N3O. The van der Waals surface area contributed by atoms with Gasteiger partial charge in [0, 0.05) is 7.05 Å². The third-order valence-electron chi connectivity index (χ3n) is 4.74. The number of para-hydroxylation sites is 2. The maximum absolute atomic E-state index is 9.57. The number of imidazole rings is 1. The first-order chi connectivity index (χ1) is 10.1. The lowest BCUT2D eigenvalue weighted by Crippen LogP contribution is -2.30. The van der Waals surface area contributed by atoms with Gasteiger partial charge < -0.3 is 15.0 Å². The van der Waals surface area contributed by atoms with Crippen molar-refractivity contribution >= 4 is 11.0 Å². The van der Waals surface area contributed by atoms with Gasteiger partial charge in [0.15, 0.2) is 0 Å². The molecule has 2 aromatic rings. The van der Waals surface area contributed by atoms with Crippen LogP contribution in [0.15, 0.2) is 24.3 Å². The summed E-state index contributed by atoms with van der Waals surface area (Å²) in [5, 5.41) is 13.2. The number of nitrogens with one attached hydrogen (secondary N) is 1. The van der Waals surface area contributed by atoms with Crippen LogP contribution in [0.1, 0.15) is 44.5 Å². The van der Waals surface area contributed by atoms with E-state index >= 15 is 0 Å². The van der Waals surface area contributed by atoms with Crippen LogP contribution in [0, 0.1) is 5.92 Å². The zero-order chi connectivity index (χ0) is 14.8. The molecule has 0 saturated heterocycles. The topological polar surface area (TPSA) is 50.1 Å². The number of rotatable bonds is 4. The van der Waals surface area contributed by atoms with Crippen LogP contribution in [0.2, 0.25) is 0 Å². The molecule has 21 heavy (non-hydrogen) atoms. The molecule has 1 aromatic carbocycles. The summed E-state index contributed by atoms with van der Waals surface area (Å²) in [4.78, 5) is 4.75. The number of aliphatic hydroxyl groups excluding tert-OH is 1. The second-order valence-electron chi connectivity index (χ2n) is 6.32. The van der Waals surface area contributed by atoms with Crippen LogP contribution in [-0.2, 0) is 7.05 Å². The molecule has 1 heterocycles. The van der Waals surface area contributed by atoms with E-state index in [1.54, 1.807) is 0 Å². The predicted octanol–water partition coefficient (Wildman–Crippen LogP) is 2.78. The number of nitrogens with zero attached hydrogens (tertiary/aromatic N) is 2. The van der Waals surface area contributed by atoms with E-state index in [1.165, 1.54) is 5.52 Å². The summed E-state index contributed by atoms with van der Waals surface area (Å²) in [5.41, 5.74) is 2.24. The van der Waals surface area contributed by atoms with Crippen LogP contribution < -0.4 is 5.32 Å². The summed E-state index contributed by atoms with van der Waals surface area (Å²) in [6.07, 6.45) is 4.09. The third kappa shape index (κ3) is 3.11. The molecule has 1 fully saturated rings. The Kier molecular flexibility index (Phi) is 4.27. The van der Waals surface area contributed by atoms with Gasteiger partial charge in [0.05, 0.1) is 23.2 Å². The van der Waals surface area contributed by atoms with Gasteiger partial charge in [0.25, 0.3) is 0 Å². The van der Waals surface area contributed by atoms with Crippen LogP contribution in [0.3, 0.4) is 0 Å². The molecule has 0 amide bonds. The Morgan fingerprint density at radius 3 is 2.71 bits per heavy atom. The SMILES string of the molecule is CC(NCC1CCC(O)CC1)c1nc2ccccc2n1C. The fourth-order valence-corrected chi connectivity index (χ4v) is 3.34. The van der Waals surface area contributed by atoms with E-state index in [0.29, 0.717) is 5.92 Å². The monoisotopic (exact) mass is 287 g/mol. The minimum absolute atomic E-state index is 0.0708. The summed E-state index contributed by atoms with van der Waals surface area (Å²) in [6, 6.07) is 8.51. The van der Waals surface area contributed by atoms with Gasteiger partial charge in [0.1, 0.15) is 5.82 Å². The first-order valence-electron chi connectivity index (χ1n) is 7.98. The minimum Gasteiger partial charge on any atom is -0.393 e. The Hall–Kier alpha value is -1.39. The standard InChI is InChI=1S/C17H25N3O/c1-12(18-11-13-7-9-14(21)10-8-13)17-19-15-5-3-4-6-16(15)20(17)2/h3-6,12-14,18,21H,7-11H2,1-2H3. The summed E-state index contributed by atoms with van der Waals surface area (Å²) >= 11 is 0. The average molecular weight is 287 g/mol. The Balaban J connectivity index is 1.64. The Labute approximate surface area is 126 Å². The quantitative estimate of drug-likeness (QED) is 0.909. The first-order valence-corrected chi connectivity index (χ1v) is 7.98. The zero-order valence-electron chi connectivity index (χ0n) is 12.9. The Morgan fingerprint density at radius 1 is 1.29 bits per heavy atom. The van der Waals surface area contributed by atoms with Crippen molar-refractivity contribution in [1.29, 1.82) is 0 Å². The average Bonchev–Trinajstić information content (AvgIpc) is 2.84. The van der Waals surface area contributed by atoms with Crippen LogP contribution in [-0.4, -0.2) is 27.3 Å². The van der Waals surface area contributed by atoms with E-state index in [4.69, 9.17) is 4.98 Å². The zero-order valence-corrected chi connectivity index (χ0v) is 12.9. The number of aliphatic hydroxyl groups is 1. The lowest BCUT2D eigenvalue weighted by Gasteiger charge is -2.26. The van der Waals surface area contributed by atoms with Crippen LogP contribution in [0.5, 0.6) is 0 Å². The van der Waals surface area contributed by atoms with E-state index in [9.17, 15) is 5.11 Å². The van der Waals surface area contributed by atoms with Gasteiger partial charge in [-0.05, 0) is 57.2 Å². The number of fused-ring (bicyclic) bond motifs is 1. The van der Waals surface area contributed by atoms with Gasteiger partial charge in [-0.25, -0.2) is 4.98 Å². The number of hydrogen-bond donors (Lipinski definition) is 2. The molecule has 0 spiro atoms. The number of hydrogen-bond acceptors (Lipinski definition) is 3. The largest absolute Gasteiger partial charge is 0.393 e. The molecule has 0 aliphatic heterocycles. The van der Waals surface area contributed by atoms with Crippen molar-refractivity contribution in [2.24, 2.45) is 13.0 Å². The predicted molar refractivity (Wildman–Crippen MR) is 85.1 cm³/mol. The number of aryl methyl sites for hydroxylation is 1. The van der Waals surface area contributed by atoms with Gasteiger partial charge in [-0.2, -0.15) is 0 Å². The van der Waals surface area contributed by atoms with E-state index in [2.05, 4.69) is 42.1 Å². The molecular weight excluding hydrogens is 262 g/mol. The normalized spacial score (nSPS) is 24.3. The van der Waals surface area contributed by atoms with Gasteiger partial charge >= 0.3 is 0 Å². The highest BCUT2D eigenvalue weighted by atomic mass is 16.3. The molecule has 1 unspecified atom stereocenters. The van der Waals surface area contributed by atoms with Crippen molar-refractivity contribution in [2.75, 3.05) is 6.54 Å². The smallest absolute Gasteiger partial charge is 0.126 e. The highest BCUT2D eigenvalue weighted by Crippen LogP contribution is 2.25. The lowest BCUT2D eigenvalue weighted by atomic mass is 9.87. The molecule has 2 N–H and O–H groups in total. The fourth-order valence-electron chi connectivity index (χ4n) is 3.34. The molecule has 0 radical (unpaired) electrons. The second kappa shape index (κ2) is 6.16. The number of benzene rings is 1. The molecule has 1 aliphatic carbocycles. The third-order valence-corrected chi connectivity index (χ3v) is 4.74. The molecule has 1 saturated carbocycles. The molecule has 3 rings (SSSR count). The van der Waals surface area contributed by atoms with Crippen LogP contribution >= 0.6 is 0 Å². The molecule has 1 atom stereocenters. The Bertz CT molecular complexity index is 599. The van der Waals surface area contributed by atoms with E-state index < -0.39 is 0 Å². The van der Waals surface area contributed by atoms with Crippen molar-refractivity contribution in [3.63, 3.8) is 0 Å². The highest BCUT2D eigenvalue weighted by Gasteiger charge is 2.21. The summed E-state index contributed by atoms with van der Waals surface area (Å²) in [7, 11) is 2.08. The molecule has 4 heteroatoms. The van der Waals surface area contributed by atoms with Gasteiger partial charge in [-0.15, -0.1) is 0 Å². The second-order valence-corrected chi connectivity index (χ2v) is 6.32. The number of aromatic nitrogens is 2. The minimum atomic E-state index is -0.0708. The maximum Gasteiger partial charge on any atom is 0.126 e. The first kappa shape index (κ1) is 14.5. The maximum atomic E-state index is 9.57. The molecule has 1 aliphatic rings. The van der Waals surface area contributed by atoms with Crippen molar-refractivity contribution in [3.8, 4) is 0 Å². The Morgan fingerprint density at radius 2 is 2.00 bits per heavy atom. The summed E-state index contributed by atoms with van der Waals surface area (Å²) < 4.78 is 2.18. The molecule has 114 valence electrons. The lowest BCUT2D eigenvalue weighted by molar-refractivity contribution is 0.107. The molecule has 4 nitrogen and oxygen atoms in total. The summed E-state index contributed by atoms with van der Waals surface area (Å²) in [6.45, 7) is 3.19. The van der Waals surface area contributed by atoms with E-state index in [1.807, 2.05) is 6.07 Å². The van der Waals surface area contributed by atoms with E-state index in [-0.39, 0.29) is 12.1 Å². The van der Waals surface area contributed by atoms with Gasteiger partial charge in [0.2, 0.25) is 0 Å². The van der Waals surface area contributed by atoms with Crippen molar-refractivity contribution in [1.82, 2.24) is 14.9 Å². The van der Waals surface area contributed by atoms with Gasteiger partial charge in [-0.3, -0.25) is 0 Å². The molecule has 0 bridgehead atoms. The van der Waals surface area contributed by atoms with Crippen molar-refractivity contribution < 1.29 is 5.11 Å². The van der Waals surface area contributed by atoms with Gasteiger partial charge in [-0.1, -0.05) is 12.1 Å². The van der Waals surface area contributed by atoms with Crippen LogP contribution in [0.25, 0.3) is 11.0 Å².